The average Bonchev–Trinajstić information content (AvgIpc) is 3.12. The molecule has 3 rings (SSSR count). The molecule has 0 amide bonds. The van der Waals surface area contributed by atoms with Gasteiger partial charge in [-0.3, -0.25) is 4.90 Å². The highest BCUT2D eigenvalue weighted by Crippen LogP contribution is 2.45. The smallest absolute Gasteiger partial charge is 0.137 e. The SMILES string of the molecule is COC1=C(O)CC2=C(CCN(C)C2C2CC2)C1. The number of rotatable bonds is 2. The Morgan fingerprint density at radius 1 is 1.29 bits per heavy atom. The van der Waals surface area contributed by atoms with Crippen LogP contribution >= 0.6 is 0 Å². The van der Waals surface area contributed by atoms with E-state index in [1.807, 2.05) is 0 Å². The highest BCUT2D eigenvalue weighted by atomic mass is 16.5. The van der Waals surface area contributed by atoms with Crippen LogP contribution in [0, 0.1) is 5.92 Å². The third kappa shape index (κ3) is 1.86. The molecule has 0 aromatic rings. The third-order valence-corrected chi connectivity index (χ3v) is 4.42. The van der Waals surface area contributed by atoms with Crippen molar-refractivity contribution in [1.29, 1.82) is 0 Å². The summed E-state index contributed by atoms with van der Waals surface area (Å²) in [4.78, 5) is 2.47. The van der Waals surface area contributed by atoms with Gasteiger partial charge in [0.1, 0.15) is 11.5 Å². The molecule has 3 aliphatic rings. The quantitative estimate of drug-likeness (QED) is 0.747. The van der Waals surface area contributed by atoms with E-state index in [4.69, 9.17) is 4.74 Å². The Kier molecular flexibility index (Phi) is 2.66. The van der Waals surface area contributed by atoms with Crippen molar-refractivity contribution in [2.45, 2.75) is 38.1 Å². The molecule has 0 bridgehead atoms. The van der Waals surface area contributed by atoms with Crippen molar-refractivity contribution in [3.05, 3.63) is 22.7 Å². The van der Waals surface area contributed by atoms with Crippen LogP contribution in [0.25, 0.3) is 0 Å². The highest BCUT2D eigenvalue weighted by Gasteiger charge is 2.40. The van der Waals surface area contributed by atoms with Crippen LogP contribution in [0.2, 0.25) is 0 Å². The molecular weight excluding hydrogens is 214 g/mol. The fourth-order valence-corrected chi connectivity index (χ4v) is 3.34. The molecule has 3 nitrogen and oxygen atoms in total. The van der Waals surface area contributed by atoms with Crippen LogP contribution in [0.5, 0.6) is 0 Å². The molecule has 2 aliphatic carbocycles. The number of aliphatic hydroxyl groups is 1. The van der Waals surface area contributed by atoms with Crippen LogP contribution in [0.4, 0.5) is 0 Å². The minimum Gasteiger partial charge on any atom is -0.508 e. The maximum atomic E-state index is 10.0. The summed E-state index contributed by atoms with van der Waals surface area (Å²) in [7, 11) is 3.88. The van der Waals surface area contributed by atoms with Gasteiger partial charge in [0.05, 0.1) is 7.11 Å². The zero-order valence-corrected chi connectivity index (χ0v) is 10.7. The normalized spacial score (nSPS) is 30.6. The number of ether oxygens (including phenoxy) is 1. The molecule has 1 N–H and O–H groups in total. The number of hydrogen-bond donors (Lipinski definition) is 1. The van der Waals surface area contributed by atoms with E-state index in [1.165, 1.54) is 24.0 Å². The largest absolute Gasteiger partial charge is 0.508 e. The Balaban J connectivity index is 1.88. The lowest BCUT2D eigenvalue weighted by Crippen LogP contribution is -2.41. The first-order valence-corrected chi connectivity index (χ1v) is 6.56. The van der Waals surface area contributed by atoms with Crippen LogP contribution in [-0.4, -0.2) is 36.8 Å². The predicted molar refractivity (Wildman–Crippen MR) is 66.7 cm³/mol. The van der Waals surface area contributed by atoms with Crippen molar-refractivity contribution in [1.82, 2.24) is 4.90 Å². The summed E-state index contributed by atoms with van der Waals surface area (Å²) in [5, 5.41) is 10.0. The number of hydrogen-bond acceptors (Lipinski definition) is 3. The first-order valence-electron chi connectivity index (χ1n) is 6.56. The molecule has 1 aliphatic heterocycles. The summed E-state index contributed by atoms with van der Waals surface area (Å²) in [6, 6.07) is 0.583. The minimum atomic E-state index is 0.451. The molecule has 0 aromatic carbocycles. The summed E-state index contributed by atoms with van der Waals surface area (Å²) in [5.41, 5.74) is 3.01. The van der Waals surface area contributed by atoms with Crippen molar-refractivity contribution in [2.24, 2.45) is 5.92 Å². The molecule has 1 atom stereocenters. The molecule has 1 unspecified atom stereocenters. The molecule has 1 saturated carbocycles. The van der Waals surface area contributed by atoms with E-state index < -0.39 is 0 Å². The second-order valence-electron chi connectivity index (χ2n) is 5.57. The summed E-state index contributed by atoms with van der Waals surface area (Å²) in [6.45, 7) is 1.15. The Hall–Kier alpha value is -0.960. The van der Waals surface area contributed by atoms with Crippen molar-refractivity contribution < 1.29 is 9.84 Å². The van der Waals surface area contributed by atoms with Crippen LogP contribution < -0.4 is 0 Å². The van der Waals surface area contributed by atoms with Crippen molar-refractivity contribution in [3.63, 3.8) is 0 Å². The first-order chi connectivity index (χ1) is 8.20. The van der Waals surface area contributed by atoms with E-state index in [0.717, 1.165) is 31.1 Å². The third-order valence-electron chi connectivity index (χ3n) is 4.42. The Morgan fingerprint density at radius 3 is 2.71 bits per heavy atom. The van der Waals surface area contributed by atoms with Crippen LogP contribution in [0.1, 0.15) is 32.1 Å². The van der Waals surface area contributed by atoms with Crippen LogP contribution in [0.3, 0.4) is 0 Å². The van der Waals surface area contributed by atoms with E-state index in [0.29, 0.717) is 18.2 Å². The van der Waals surface area contributed by atoms with E-state index in [2.05, 4.69) is 11.9 Å². The molecule has 0 radical (unpaired) electrons. The molecular formula is C14H21NO2. The first kappa shape index (κ1) is 11.1. The van der Waals surface area contributed by atoms with Gasteiger partial charge in [0.2, 0.25) is 0 Å². The monoisotopic (exact) mass is 235 g/mol. The number of methoxy groups -OCH3 is 1. The van der Waals surface area contributed by atoms with E-state index in [1.54, 1.807) is 7.11 Å². The number of aliphatic hydroxyl groups excluding tert-OH is 1. The summed E-state index contributed by atoms with van der Waals surface area (Å²) in [6.07, 6.45) is 5.38. The average molecular weight is 235 g/mol. The fourth-order valence-electron chi connectivity index (χ4n) is 3.34. The van der Waals surface area contributed by atoms with E-state index in [9.17, 15) is 5.11 Å². The van der Waals surface area contributed by atoms with Gasteiger partial charge in [0, 0.05) is 25.4 Å². The van der Waals surface area contributed by atoms with E-state index >= 15 is 0 Å². The zero-order chi connectivity index (χ0) is 12.0. The number of allylic oxidation sites excluding steroid dienone is 2. The Bertz CT molecular complexity index is 393. The second-order valence-corrected chi connectivity index (χ2v) is 5.57. The van der Waals surface area contributed by atoms with Crippen LogP contribution in [-0.2, 0) is 4.74 Å². The number of likely N-dealkylation sites (N-methyl/N-ethyl adjacent to an activating group) is 1. The van der Waals surface area contributed by atoms with Gasteiger partial charge in [0.25, 0.3) is 0 Å². The molecule has 17 heavy (non-hydrogen) atoms. The summed E-state index contributed by atoms with van der Waals surface area (Å²) >= 11 is 0. The van der Waals surface area contributed by atoms with Gasteiger partial charge in [-0.15, -0.1) is 0 Å². The standard InChI is InChI=1S/C14H21NO2/c1-15-6-5-10-7-13(17-2)12(16)8-11(10)14(15)9-3-4-9/h9,14,16H,3-8H2,1-2H3. The molecule has 0 aromatic heterocycles. The molecule has 94 valence electrons. The van der Waals surface area contributed by atoms with Gasteiger partial charge < -0.3 is 9.84 Å². The van der Waals surface area contributed by atoms with Crippen molar-refractivity contribution in [3.8, 4) is 0 Å². The lowest BCUT2D eigenvalue weighted by Gasteiger charge is -2.39. The lowest BCUT2D eigenvalue weighted by molar-refractivity contribution is 0.200. The highest BCUT2D eigenvalue weighted by molar-refractivity contribution is 5.35. The Labute approximate surface area is 103 Å². The van der Waals surface area contributed by atoms with Gasteiger partial charge in [-0.25, -0.2) is 0 Å². The maximum absolute atomic E-state index is 10.0. The van der Waals surface area contributed by atoms with Gasteiger partial charge in [-0.2, -0.15) is 0 Å². The van der Waals surface area contributed by atoms with Gasteiger partial charge in [0.15, 0.2) is 0 Å². The van der Waals surface area contributed by atoms with Gasteiger partial charge in [-0.05, 0) is 37.8 Å². The van der Waals surface area contributed by atoms with E-state index in [-0.39, 0.29) is 0 Å². The molecule has 1 fully saturated rings. The van der Waals surface area contributed by atoms with Gasteiger partial charge >= 0.3 is 0 Å². The lowest BCUT2D eigenvalue weighted by atomic mass is 9.82. The second kappa shape index (κ2) is 4.05. The predicted octanol–water partition coefficient (Wildman–Crippen LogP) is 2.61. The summed E-state index contributed by atoms with van der Waals surface area (Å²) in [5.74, 6) is 2.07. The van der Waals surface area contributed by atoms with Gasteiger partial charge in [-0.1, -0.05) is 5.57 Å². The maximum Gasteiger partial charge on any atom is 0.137 e. The van der Waals surface area contributed by atoms with Crippen LogP contribution in [0.15, 0.2) is 22.7 Å². The summed E-state index contributed by atoms with van der Waals surface area (Å²) < 4.78 is 5.27. The van der Waals surface area contributed by atoms with Crippen molar-refractivity contribution in [2.75, 3.05) is 20.7 Å². The molecule has 0 spiro atoms. The zero-order valence-electron chi connectivity index (χ0n) is 10.7. The Morgan fingerprint density at radius 2 is 2.06 bits per heavy atom. The molecule has 3 heteroatoms. The molecule has 1 heterocycles. The van der Waals surface area contributed by atoms with Crippen molar-refractivity contribution >= 4 is 0 Å². The molecule has 0 saturated heterocycles. The minimum absolute atomic E-state index is 0.451. The number of nitrogens with zero attached hydrogens (tertiary/aromatic N) is 1. The topological polar surface area (TPSA) is 32.7 Å². The fraction of sp³-hybridized carbons (Fsp3) is 0.714.